The summed E-state index contributed by atoms with van der Waals surface area (Å²) in [5.74, 6) is -2.77. The van der Waals surface area contributed by atoms with Gasteiger partial charge < -0.3 is 28.4 Å². The molecule has 0 aromatic heterocycles. The molecule has 0 N–H and O–H groups in total. The van der Waals surface area contributed by atoms with Crippen LogP contribution in [0.4, 0.5) is 0 Å². The Balaban J connectivity index is 2.49. The number of carbonyl (C=O) groups is 4. The van der Waals surface area contributed by atoms with Gasteiger partial charge in [-0.2, -0.15) is 5.26 Å². The molecule has 2 rings (SSSR count). The van der Waals surface area contributed by atoms with E-state index in [0.29, 0.717) is 0 Å². The number of para-hydroxylation sites is 1. The minimum atomic E-state index is -1.40. The SMILES string of the molecule is CC(=O)OC[C@H]1O[C@@H](Oc2ccccc2C#N)[C@H](OC(C)=O)[C@@H](OC(C)=O)[C@@H]1OC(C)=O. The molecule has 1 aliphatic rings. The van der Waals surface area contributed by atoms with E-state index in [1.165, 1.54) is 19.1 Å². The Bertz CT molecular complexity index is 908. The van der Waals surface area contributed by atoms with Crippen molar-refractivity contribution in [2.45, 2.75) is 58.4 Å². The van der Waals surface area contributed by atoms with Gasteiger partial charge in [-0.15, -0.1) is 0 Å². The summed E-state index contributed by atoms with van der Waals surface area (Å²) in [5, 5.41) is 9.33. The summed E-state index contributed by atoms with van der Waals surface area (Å²) in [4.78, 5) is 46.6. The van der Waals surface area contributed by atoms with Crippen LogP contribution < -0.4 is 4.74 Å². The molecular formula is C21H23NO10. The van der Waals surface area contributed by atoms with Gasteiger partial charge in [-0.1, -0.05) is 12.1 Å². The molecule has 0 unspecified atom stereocenters. The quantitative estimate of drug-likeness (QED) is 0.434. The van der Waals surface area contributed by atoms with Gasteiger partial charge >= 0.3 is 23.9 Å². The first kappa shape index (κ1) is 24.6. The van der Waals surface area contributed by atoms with Gasteiger partial charge in [-0.3, -0.25) is 19.2 Å². The summed E-state index contributed by atoms with van der Waals surface area (Å²) in [6.45, 7) is 4.16. The first-order chi connectivity index (χ1) is 15.1. The lowest BCUT2D eigenvalue weighted by Gasteiger charge is -2.43. The highest BCUT2D eigenvalue weighted by molar-refractivity contribution is 5.68. The monoisotopic (exact) mass is 449 g/mol. The molecule has 1 aromatic carbocycles. The van der Waals surface area contributed by atoms with Crippen LogP contribution >= 0.6 is 0 Å². The lowest BCUT2D eigenvalue weighted by atomic mass is 9.98. The maximum atomic E-state index is 11.8. The zero-order chi connectivity index (χ0) is 23.8. The van der Waals surface area contributed by atoms with E-state index in [-0.39, 0.29) is 17.9 Å². The van der Waals surface area contributed by atoms with E-state index in [4.69, 9.17) is 28.4 Å². The highest BCUT2D eigenvalue weighted by Gasteiger charge is 2.53. The van der Waals surface area contributed by atoms with E-state index in [0.717, 1.165) is 20.8 Å². The number of ether oxygens (including phenoxy) is 6. The number of carbonyl (C=O) groups excluding carboxylic acids is 4. The molecule has 1 saturated heterocycles. The van der Waals surface area contributed by atoms with E-state index in [9.17, 15) is 24.4 Å². The number of rotatable bonds is 7. The lowest BCUT2D eigenvalue weighted by Crippen LogP contribution is -2.63. The number of benzene rings is 1. The highest BCUT2D eigenvalue weighted by atomic mass is 16.7. The second-order valence-electron chi connectivity index (χ2n) is 6.79. The zero-order valence-corrected chi connectivity index (χ0v) is 17.9. The van der Waals surface area contributed by atoms with Gasteiger partial charge in [-0.05, 0) is 12.1 Å². The molecule has 11 heteroatoms. The molecule has 1 heterocycles. The Labute approximate surface area is 184 Å². The van der Waals surface area contributed by atoms with Crippen LogP contribution in [0.5, 0.6) is 5.75 Å². The molecule has 0 aliphatic carbocycles. The lowest BCUT2D eigenvalue weighted by molar-refractivity contribution is -0.288. The van der Waals surface area contributed by atoms with Gasteiger partial charge in [0.25, 0.3) is 0 Å². The van der Waals surface area contributed by atoms with E-state index < -0.39 is 54.6 Å². The summed E-state index contributed by atoms with van der Waals surface area (Å²) < 4.78 is 32.5. The Morgan fingerprint density at radius 2 is 1.44 bits per heavy atom. The largest absolute Gasteiger partial charge is 0.463 e. The number of nitrogens with zero attached hydrogens (tertiary/aromatic N) is 1. The minimum Gasteiger partial charge on any atom is -0.463 e. The Kier molecular flexibility index (Phi) is 8.54. The average Bonchev–Trinajstić information content (AvgIpc) is 2.70. The molecule has 1 aliphatic heterocycles. The van der Waals surface area contributed by atoms with E-state index >= 15 is 0 Å². The van der Waals surface area contributed by atoms with Crippen LogP contribution in [-0.4, -0.2) is 61.2 Å². The van der Waals surface area contributed by atoms with Gasteiger partial charge in [-0.25, -0.2) is 0 Å². The number of nitriles is 1. The highest BCUT2D eigenvalue weighted by Crippen LogP contribution is 2.31. The van der Waals surface area contributed by atoms with Crippen molar-refractivity contribution in [2.75, 3.05) is 6.61 Å². The molecule has 1 aromatic rings. The molecule has 0 amide bonds. The van der Waals surface area contributed by atoms with Crippen molar-refractivity contribution < 1.29 is 47.6 Å². The minimum absolute atomic E-state index is 0.107. The van der Waals surface area contributed by atoms with E-state index in [1.807, 2.05) is 6.07 Å². The van der Waals surface area contributed by atoms with Crippen molar-refractivity contribution in [3.63, 3.8) is 0 Å². The number of hydrogen-bond donors (Lipinski definition) is 0. The summed E-state index contributed by atoms with van der Waals surface area (Å²) in [5.41, 5.74) is 0.167. The normalized spacial score (nSPS) is 24.4. The smallest absolute Gasteiger partial charge is 0.303 e. The van der Waals surface area contributed by atoms with Crippen LogP contribution in [0, 0.1) is 11.3 Å². The van der Waals surface area contributed by atoms with Gasteiger partial charge in [0.1, 0.15) is 24.5 Å². The van der Waals surface area contributed by atoms with Crippen molar-refractivity contribution in [2.24, 2.45) is 0 Å². The maximum Gasteiger partial charge on any atom is 0.303 e. The second kappa shape index (κ2) is 11.1. The standard InChI is InChI=1S/C21H23NO10/c1-11(23)27-10-17-18(28-12(2)24)19(29-13(3)25)20(30-14(4)26)21(32-17)31-16-8-6-5-7-15(16)9-22/h5-8,17-21H,10H2,1-4H3/t17-,18-,19+,20-,21-/m1/s1. The number of hydrogen-bond acceptors (Lipinski definition) is 11. The first-order valence-corrected chi connectivity index (χ1v) is 9.58. The van der Waals surface area contributed by atoms with Gasteiger partial charge in [0, 0.05) is 27.7 Å². The van der Waals surface area contributed by atoms with Crippen molar-refractivity contribution in [1.82, 2.24) is 0 Å². The third kappa shape index (κ3) is 6.68. The van der Waals surface area contributed by atoms with Crippen LogP contribution in [0.1, 0.15) is 33.3 Å². The van der Waals surface area contributed by atoms with Crippen LogP contribution in [0.15, 0.2) is 24.3 Å². The van der Waals surface area contributed by atoms with Gasteiger partial charge in [0.05, 0.1) is 5.56 Å². The second-order valence-corrected chi connectivity index (χ2v) is 6.79. The fraction of sp³-hybridized carbons (Fsp3) is 0.476. The van der Waals surface area contributed by atoms with E-state index in [2.05, 4.69) is 0 Å². The van der Waals surface area contributed by atoms with Crippen LogP contribution in [0.2, 0.25) is 0 Å². The molecule has 0 radical (unpaired) electrons. The fourth-order valence-corrected chi connectivity index (χ4v) is 3.07. The van der Waals surface area contributed by atoms with Crippen molar-refractivity contribution in [3.05, 3.63) is 29.8 Å². The third-order valence-electron chi connectivity index (χ3n) is 4.20. The van der Waals surface area contributed by atoms with Crippen LogP contribution in [0.25, 0.3) is 0 Å². The first-order valence-electron chi connectivity index (χ1n) is 9.58. The van der Waals surface area contributed by atoms with Crippen molar-refractivity contribution >= 4 is 23.9 Å². The predicted octanol–water partition coefficient (Wildman–Crippen LogP) is 1.02. The summed E-state index contributed by atoms with van der Waals surface area (Å²) in [6, 6.07) is 8.19. The molecule has 11 nitrogen and oxygen atoms in total. The van der Waals surface area contributed by atoms with Crippen LogP contribution in [0.3, 0.4) is 0 Å². The van der Waals surface area contributed by atoms with Gasteiger partial charge in [0.15, 0.2) is 12.2 Å². The zero-order valence-electron chi connectivity index (χ0n) is 17.9. The van der Waals surface area contributed by atoms with Crippen molar-refractivity contribution in [1.29, 1.82) is 5.26 Å². The molecule has 0 saturated carbocycles. The van der Waals surface area contributed by atoms with E-state index in [1.54, 1.807) is 12.1 Å². The molecule has 5 atom stereocenters. The summed E-state index contributed by atoms with van der Waals surface area (Å²) >= 11 is 0. The Morgan fingerprint density at radius 3 is 2.00 bits per heavy atom. The average molecular weight is 449 g/mol. The molecule has 32 heavy (non-hydrogen) atoms. The van der Waals surface area contributed by atoms with Crippen LogP contribution in [-0.2, 0) is 42.9 Å². The Morgan fingerprint density at radius 1 is 0.875 bits per heavy atom. The molecule has 172 valence electrons. The molecular weight excluding hydrogens is 426 g/mol. The molecule has 0 bridgehead atoms. The molecule has 0 spiro atoms. The summed E-state index contributed by atoms with van der Waals surface area (Å²) in [7, 11) is 0. The fourth-order valence-electron chi connectivity index (χ4n) is 3.07. The summed E-state index contributed by atoms with van der Waals surface area (Å²) in [6.07, 6.45) is -6.55. The predicted molar refractivity (Wildman–Crippen MR) is 104 cm³/mol. The van der Waals surface area contributed by atoms with Crippen molar-refractivity contribution in [3.8, 4) is 11.8 Å². The maximum absolute atomic E-state index is 11.8. The number of esters is 4. The third-order valence-corrected chi connectivity index (χ3v) is 4.20. The topological polar surface area (TPSA) is 147 Å². The Hall–Kier alpha value is -3.65. The molecule has 1 fully saturated rings. The van der Waals surface area contributed by atoms with Gasteiger partial charge in [0.2, 0.25) is 12.4 Å².